The van der Waals surface area contributed by atoms with Crippen molar-refractivity contribution >= 4 is 5.69 Å². The Labute approximate surface area is 73.0 Å². The molecule has 64 valence electrons. The predicted octanol–water partition coefficient (Wildman–Crippen LogP) is 1.94. The molecule has 0 amide bonds. The number of rotatable bonds is 1. The molecule has 0 spiro atoms. The minimum atomic E-state index is 0.444. The number of anilines is 1. The highest BCUT2D eigenvalue weighted by atomic mass is 15.1. The molecule has 1 aromatic carbocycles. The van der Waals surface area contributed by atoms with Crippen LogP contribution in [0.15, 0.2) is 24.3 Å². The van der Waals surface area contributed by atoms with E-state index in [0.717, 1.165) is 13.0 Å². The molecular formula is C10H14N2. The van der Waals surface area contributed by atoms with Crippen molar-refractivity contribution in [1.82, 2.24) is 5.32 Å². The van der Waals surface area contributed by atoms with Gasteiger partial charge in [0.2, 0.25) is 0 Å². The van der Waals surface area contributed by atoms with Crippen LogP contribution in [-0.2, 0) is 6.54 Å². The Bertz CT molecular complexity index is 270. The molecule has 1 atom stereocenters. The normalized spacial score (nSPS) is 21.2. The van der Waals surface area contributed by atoms with E-state index in [4.69, 9.17) is 0 Å². The second kappa shape index (κ2) is 3.15. The third kappa shape index (κ3) is 1.30. The fraction of sp³-hybridized carbons (Fsp3) is 0.400. The van der Waals surface area contributed by atoms with E-state index in [1.165, 1.54) is 11.3 Å². The molecule has 1 aliphatic rings. The fourth-order valence-electron chi connectivity index (χ4n) is 1.53. The van der Waals surface area contributed by atoms with Crippen molar-refractivity contribution in [2.75, 3.05) is 5.32 Å². The molecule has 1 aliphatic heterocycles. The SMILES string of the molecule is CCC1NCc2ccccc2N1. The van der Waals surface area contributed by atoms with E-state index in [1.54, 1.807) is 0 Å². The Balaban J connectivity index is 2.23. The zero-order valence-corrected chi connectivity index (χ0v) is 7.30. The molecule has 0 bridgehead atoms. The summed E-state index contributed by atoms with van der Waals surface area (Å²) in [6, 6.07) is 8.44. The number of hydrogen-bond acceptors (Lipinski definition) is 2. The summed E-state index contributed by atoms with van der Waals surface area (Å²) in [5.41, 5.74) is 2.64. The van der Waals surface area contributed by atoms with Crippen LogP contribution in [0.2, 0.25) is 0 Å². The molecule has 0 fully saturated rings. The number of fused-ring (bicyclic) bond motifs is 1. The summed E-state index contributed by atoms with van der Waals surface area (Å²) in [4.78, 5) is 0. The second-order valence-electron chi connectivity index (χ2n) is 3.14. The van der Waals surface area contributed by atoms with Gasteiger partial charge in [0, 0.05) is 12.2 Å². The molecule has 2 rings (SSSR count). The van der Waals surface area contributed by atoms with E-state index in [9.17, 15) is 0 Å². The number of benzene rings is 1. The molecule has 2 nitrogen and oxygen atoms in total. The number of nitrogens with one attached hydrogen (secondary N) is 2. The Morgan fingerprint density at radius 1 is 1.42 bits per heavy atom. The van der Waals surface area contributed by atoms with Crippen LogP contribution >= 0.6 is 0 Å². The van der Waals surface area contributed by atoms with Crippen LogP contribution in [0.5, 0.6) is 0 Å². The maximum Gasteiger partial charge on any atom is 0.0768 e. The van der Waals surface area contributed by atoms with Crippen molar-refractivity contribution in [3.8, 4) is 0 Å². The maximum atomic E-state index is 3.44. The van der Waals surface area contributed by atoms with Crippen LogP contribution in [0.1, 0.15) is 18.9 Å². The number of para-hydroxylation sites is 1. The third-order valence-corrected chi connectivity index (χ3v) is 2.29. The summed E-state index contributed by atoms with van der Waals surface area (Å²) in [6.45, 7) is 3.17. The van der Waals surface area contributed by atoms with Gasteiger partial charge in [0.25, 0.3) is 0 Å². The summed E-state index contributed by atoms with van der Waals surface area (Å²) >= 11 is 0. The number of hydrogen-bond donors (Lipinski definition) is 2. The largest absolute Gasteiger partial charge is 0.370 e. The lowest BCUT2D eigenvalue weighted by atomic mass is 10.1. The van der Waals surface area contributed by atoms with E-state index in [1.807, 2.05) is 0 Å². The van der Waals surface area contributed by atoms with Crippen LogP contribution in [-0.4, -0.2) is 6.17 Å². The van der Waals surface area contributed by atoms with Gasteiger partial charge in [-0.05, 0) is 18.1 Å². The zero-order chi connectivity index (χ0) is 8.39. The standard InChI is InChI=1S/C10H14N2/c1-2-10-11-7-8-5-3-4-6-9(8)12-10/h3-6,10-12H,2,7H2,1H3. The predicted molar refractivity (Wildman–Crippen MR) is 51.0 cm³/mol. The molecular weight excluding hydrogens is 148 g/mol. The van der Waals surface area contributed by atoms with Crippen LogP contribution in [0.25, 0.3) is 0 Å². The first-order valence-corrected chi connectivity index (χ1v) is 4.48. The van der Waals surface area contributed by atoms with Crippen molar-refractivity contribution in [2.45, 2.75) is 26.1 Å². The van der Waals surface area contributed by atoms with Crippen LogP contribution in [0, 0.1) is 0 Å². The first-order valence-electron chi connectivity index (χ1n) is 4.48. The van der Waals surface area contributed by atoms with Crippen molar-refractivity contribution in [2.24, 2.45) is 0 Å². The van der Waals surface area contributed by atoms with Gasteiger partial charge in [-0.15, -0.1) is 0 Å². The van der Waals surface area contributed by atoms with Gasteiger partial charge in [0.1, 0.15) is 0 Å². The lowest BCUT2D eigenvalue weighted by Crippen LogP contribution is -2.39. The van der Waals surface area contributed by atoms with E-state index >= 15 is 0 Å². The molecule has 0 saturated heterocycles. The van der Waals surface area contributed by atoms with Gasteiger partial charge in [-0.2, -0.15) is 0 Å². The second-order valence-corrected chi connectivity index (χ2v) is 3.14. The molecule has 1 unspecified atom stereocenters. The van der Waals surface area contributed by atoms with Gasteiger partial charge in [-0.1, -0.05) is 25.1 Å². The molecule has 12 heavy (non-hydrogen) atoms. The van der Waals surface area contributed by atoms with Crippen molar-refractivity contribution < 1.29 is 0 Å². The molecule has 2 heteroatoms. The van der Waals surface area contributed by atoms with Gasteiger partial charge >= 0.3 is 0 Å². The smallest absolute Gasteiger partial charge is 0.0768 e. The average molecular weight is 162 g/mol. The Kier molecular flexibility index (Phi) is 2.00. The Hall–Kier alpha value is -1.02. The summed E-state index contributed by atoms with van der Waals surface area (Å²) in [6.07, 6.45) is 1.56. The van der Waals surface area contributed by atoms with E-state index in [2.05, 4.69) is 41.8 Å². The highest BCUT2D eigenvalue weighted by molar-refractivity contribution is 5.53. The van der Waals surface area contributed by atoms with Crippen molar-refractivity contribution in [1.29, 1.82) is 0 Å². The van der Waals surface area contributed by atoms with Crippen molar-refractivity contribution in [3.05, 3.63) is 29.8 Å². The summed E-state index contributed by atoms with van der Waals surface area (Å²) in [7, 11) is 0. The highest BCUT2D eigenvalue weighted by Gasteiger charge is 2.13. The minimum absolute atomic E-state index is 0.444. The highest BCUT2D eigenvalue weighted by Crippen LogP contribution is 2.19. The van der Waals surface area contributed by atoms with Gasteiger partial charge in [0.15, 0.2) is 0 Å². The molecule has 0 saturated carbocycles. The van der Waals surface area contributed by atoms with Crippen molar-refractivity contribution in [3.63, 3.8) is 0 Å². The lowest BCUT2D eigenvalue weighted by Gasteiger charge is -2.27. The molecule has 1 heterocycles. The molecule has 1 aromatic rings. The summed E-state index contributed by atoms with van der Waals surface area (Å²) in [5.74, 6) is 0. The fourth-order valence-corrected chi connectivity index (χ4v) is 1.53. The van der Waals surface area contributed by atoms with E-state index in [0.29, 0.717) is 6.17 Å². The quantitative estimate of drug-likeness (QED) is 0.659. The molecule has 0 aliphatic carbocycles. The zero-order valence-electron chi connectivity index (χ0n) is 7.30. The topological polar surface area (TPSA) is 24.1 Å². The molecule has 0 radical (unpaired) electrons. The van der Waals surface area contributed by atoms with Crippen LogP contribution in [0.4, 0.5) is 5.69 Å². The van der Waals surface area contributed by atoms with Gasteiger partial charge in [-0.3, -0.25) is 5.32 Å². The summed E-state index contributed by atoms with van der Waals surface area (Å²) < 4.78 is 0. The van der Waals surface area contributed by atoms with Gasteiger partial charge in [0.05, 0.1) is 6.17 Å². The van der Waals surface area contributed by atoms with Crippen LogP contribution in [0.3, 0.4) is 0 Å². The third-order valence-electron chi connectivity index (χ3n) is 2.29. The Morgan fingerprint density at radius 2 is 2.25 bits per heavy atom. The van der Waals surface area contributed by atoms with Gasteiger partial charge < -0.3 is 5.32 Å². The monoisotopic (exact) mass is 162 g/mol. The average Bonchev–Trinajstić information content (AvgIpc) is 2.17. The van der Waals surface area contributed by atoms with Gasteiger partial charge in [-0.25, -0.2) is 0 Å². The first-order chi connectivity index (χ1) is 5.90. The Morgan fingerprint density at radius 3 is 3.08 bits per heavy atom. The molecule has 2 N–H and O–H groups in total. The summed E-state index contributed by atoms with van der Waals surface area (Å²) in [5, 5.41) is 6.85. The first kappa shape index (κ1) is 7.62. The molecule has 0 aromatic heterocycles. The lowest BCUT2D eigenvalue weighted by molar-refractivity contribution is 0.528. The maximum absolute atomic E-state index is 3.44. The minimum Gasteiger partial charge on any atom is -0.370 e. The van der Waals surface area contributed by atoms with E-state index < -0.39 is 0 Å². The van der Waals surface area contributed by atoms with E-state index in [-0.39, 0.29) is 0 Å². The van der Waals surface area contributed by atoms with Crippen LogP contribution < -0.4 is 10.6 Å².